The summed E-state index contributed by atoms with van der Waals surface area (Å²) < 4.78 is 0.794. The summed E-state index contributed by atoms with van der Waals surface area (Å²) in [4.78, 5) is 10.5. The van der Waals surface area contributed by atoms with E-state index >= 15 is 0 Å². The fourth-order valence-electron chi connectivity index (χ4n) is 1.56. The third-order valence-electron chi connectivity index (χ3n) is 2.49. The van der Waals surface area contributed by atoms with E-state index in [0.29, 0.717) is 5.69 Å². The van der Waals surface area contributed by atoms with Gasteiger partial charge in [-0.3, -0.25) is 10.1 Å². The smallest absolute Gasteiger partial charge is 0.292 e. The molecule has 92 valence electrons. The molecular formula is C13H11BrN2O2. The maximum absolute atomic E-state index is 10.9. The quantitative estimate of drug-likeness (QED) is 0.675. The minimum Gasteiger partial charge on any atom is -0.350 e. The molecule has 0 radical (unpaired) electrons. The lowest BCUT2D eigenvalue weighted by atomic mass is 10.2. The van der Waals surface area contributed by atoms with Gasteiger partial charge >= 0.3 is 0 Å². The topological polar surface area (TPSA) is 55.2 Å². The van der Waals surface area contributed by atoms with Crippen LogP contribution in [-0.4, -0.2) is 4.92 Å². The van der Waals surface area contributed by atoms with Gasteiger partial charge in [-0.15, -0.1) is 0 Å². The average molecular weight is 307 g/mol. The summed E-state index contributed by atoms with van der Waals surface area (Å²) in [7, 11) is 0. The zero-order chi connectivity index (χ0) is 13.1. The van der Waals surface area contributed by atoms with Gasteiger partial charge in [0.2, 0.25) is 0 Å². The van der Waals surface area contributed by atoms with Gasteiger partial charge in [-0.1, -0.05) is 33.6 Å². The Morgan fingerprint density at radius 2 is 1.83 bits per heavy atom. The number of nitro groups is 1. The van der Waals surface area contributed by atoms with Crippen molar-refractivity contribution in [2.75, 3.05) is 5.32 Å². The van der Waals surface area contributed by atoms with Crippen LogP contribution in [0.15, 0.2) is 46.9 Å². The SMILES string of the molecule is Cc1ccc(Nc2cc(Br)ccc2[N+](=O)[O-])cc1. The van der Waals surface area contributed by atoms with E-state index < -0.39 is 4.92 Å². The van der Waals surface area contributed by atoms with Crippen LogP contribution in [0.3, 0.4) is 0 Å². The fraction of sp³-hybridized carbons (Fsp3) is 0.0769. The Morgan fingerprint density at radius 3 is 2.44 bits per heavy atom. The Kier molecular flexibility index (Phi) is 3.62. The number of halogens is 1. The van der Waals surface area contributed by atoms with Gasteiger partial charge in [-0.25, -0.2) is 0 Å². The molecule has 0 aromatic heterocycles. The molecule has 0 aliphatic rings. The summed E-state index contributed by atoms with van der Waals surface area (Å²) in [6, 6.07) is 12.5. The van der Waals surface area contributed by atoms with Crippen molar-refractivity contribution < 1.29 is 4.92 Å². The third-order valence-corrected chi connectivity index (χ3v) is 2.98. The minimum atomic E-state index is -0.400. The van der Waals surface area contributed by atoms with E-state index in [1.165, 1.54) is 6.07 Å². The molecule has 0 bridgehead atoms. The number of benzene rings is 2. The van der Waals surface area contributed by atoms with Gasteiger partial charge in [-0.2, -0.15) is 0 Å². The van der Waals surface area contributed by atoms with E-state index in [-0.39, 0.29) is 5.69 Å². The second-order valence-electron chi connectivity index (χ2n) is 3.91. The summed E-state index contributed by atoms with van der Waals surface area (Å²) >= 11 is 3.31. The second kappa shape index (κ2) is 5.18. The molecular weight excluding hydrogens is 296 g/mol. The van der Waals surface area contributed by atoms with Gasteiger partial charge < -0.3 is 5.32 Å². The number of nitro benzene ring substituents is 1. The number of nitrogens with one attached hydrogen (secondary N) is 1. The molecule has 0 amide bonds. The highest BCUT2D eigenvalue weighted by Crippen LogP contribution is 2.30. The Hall–Kier alpha value is -1.88. The van der Waals surface area contributed by atoms with Gasteiger partial charge in [0, 0.05) is 16.2 Å². The molecule has 18 heavy (non-hydrogen) atoms. The lowest BCUT2D eigenvalue weighted by Crippen LogP contribution is -1.97. The molecule has 0 fully saturated rings. The molecule has 1 N–H and O–H groups in total. The highest BCUT2D eigenvalue weighted by Gasteiger charge is 2.13. The van der Waals surface area contributed by atoms with E-state index in [0.717, 1.165) is 15.7 Å². The normalized spacial score (nSPS) is 10.1. The molecule has 0 atom stereocenters. The fourth-order valence-corrected chi connectivity index (χ4v) is 1.92. The van der Waals surface area contributed by atoms with Gasteiger partial charge in [0.05, 0.1) is 4.92 Å². The molecule has 2 rings (SSSR count). The van der Waals surface area contributed by atoms with E-state index in [2.05, 4.69) is 21.2 Å². The van der Waals surface area contributed by atoms with Crippen LogP contribution in [0.5, 0.6) is 0 Å². The molecule has 0 spiro atoms. The predicted octanol–water partition coefficient (Wildman–Crippen LogP) is 4.41. The van der Waals surface area contributed by atoms with Crippen LogP contribution in [0.1, 0.15) is 5.56 Å². The van der Waals surface area contributed by atoms with Crippen molar-refractivity contribution in [3.8, 4) is 0 Å². The monoisotopic (exact) mass is 306 g/mol. The molecule has 5 heteroatoms. The van der Waals surface area contributed by atoms with Gasteiger partial charge in [-0.05, 0) is 31.2 Å². The zero-order valence-electron chi connectivity index (χ0n) is 9.68. The van der Waals surface area contributed by atoms with Crippen LogP contribution in [-0.2, 0) is 0 Å². The Balaban J connectivity index is 2.35. The number of hydrogen-bond acceptors (Lipinski definition) is 3. The molecule has 4 nitrogen and oxygen atoms in total. The first-order chi connectivity index (χ1) is 8.56. The first-order valence-corrected chi connectivity index (χ1v) is 6.13. The molecule has 0 aliphatic heterocycles. The molecule has 0 heterocycles. The lowest BCUT2D eigenvalue weighted by molar-refractivity contribution is -0.383. The predicted molar refractivity (Wildman–Crippen MR) is 75.3 cm³/mol. The summed E-state index contributed by atoms with van der Waals surface area (Å²) in [5.41, 5.74) is 2.49. The van der Waals surface area contributed by atoms with Crippen molar-refractivity contribution in [3.05, 3.63) is 62.6 Å². The summed E-state index contributed by atoms with van der Waals surface area (Å²) in [5, 5.41) is 14.0. The van der Waals surface area contributed by atoms with Crippen molar-refractivity contribution in [3.63, 3.8) is 0 Å². The Morgan fingerprint density at radius 1 is 1.17 bits per heavy atom. The molecule has 0 aliphatic carbocycles. The third kappa shape index (κ3) is 2.87. The van der Waals surface area contributed by atoms with Crippen LogP contribution in [0.25, 0.3) is 0 Å². The zero-order valence-corrected chi connectivity index (χ0v) is 11.3. The van der Waals surface area contributed by atoms with Crippen LogP contribution >= 0.6 is 15.9 Å². The van der Waals surface area contributed by atoms with Crippen LogP contribution in [0.2, 0.25) is 0 Å². The number of aryl methyl sites for hydroxylation is 1. The van der Waals surface area contributed by atoms with Gasteiger partial charge in [0.25, 0.3) is 5.69 Å². The first-order valence-electron chi connectivity index (χ1n) is 5.34. The van der Waals surface area contributed by atoms with Crippen molar-refractivity contribution in [2.45, 2.75) is 6.92 Å². The number of nitrogens with zero attached hydrogens (tertiary/aromatic N) is 1. The minimum absolute atomic E-state index is 0.0544. The second-order valence-corrected chi connectivity index (χ2v) is 4.83. The van der Waals surface area contributed by atoms with Gasteiger partial charge in [0.15, 0.2) is 0 Å². The van der Waals surface area contributed by atoms with Crippen molar-refractivity contribution >= 4 is 33.0 Å². The van der Waals surface area contributed by atoms with Crippen molar-refractivity contribution in [1.29, 1.82) is 0 Å². The molecule has 0 unspecified atom stereocenters. The van der Waals surface area contributed by atoms with Crippen molar-refractivity contribution in [2.24, 2.45) is 0 Å². The summed E-state index contributed by atoms with van der Waals surface area (Å²) in [5.74, 6) is 0. The summed E-state index contributed by atoms with van der Waals surface area (Å²) in [6.45, 7) is 1.99. The van der Waals surface area contributed by atoms with E-state index in [1.807, 2.05) is 31.2 Å². The standard InChI is InChI=1S/C13H11BrN2O2/c1-9-2-5-11(6-3-9)15-12-8-10(14)4-7-13(12)16(17)18/h2-8,15H,1H3. The average Bonchev–Trinajstić information content (AvgIpc) is 2.32. The van der Waals surface area contributed by atoms with Crippen LogP contribution < -0.4 is 5.32 Å². The van der Waals surface area contributed by atoms with Crippen LogP contribution in [0, 0.1) is 17.0 Å². The maximum atomic E-state index is 10.9. The van der Waals surface area contributed by atoms with E-state index in [4.69, 9.17) is 0 Å². The molecule has 2 aromatic rings. The van der Waals surface area contributed by atoms with E-state index in [9.17, 15) is 10.1 Å². The first kappa shape index (κ1) is 12.6. The maximum Gasteiger partial charge on any atom is 0.292 e. The van der Waals surface area contributed by atoms with Crippen LogP contribution in [0.4, 0.5) is 17.1 Å². The van der Waals surface area contributed by atoms with Gasteiger partial charge in [0.1, 0.15) is 5.69 Å². The van der Waals surface area contributed by atoms with Crippen molar-refractivity contribution in [1.82, 2.24) is 0 Å². The number of hydrogen-bond donors (Lipinski definition) is 1. The number of anilines is 2. The van der Waals surface area contributed by atoms with E-state index in [1.54, 1.807) is 12.1 Å². The highest BCUT2D eigenvalue weighted by molar-refractivity contribution is 9.10. The Bertz CT molecular complexity index is 582. The largest absolute Gasteiger partial charge is 0.350 e. The molecule has 0 saturated carbocycles. The lowest BCUT2D eigenvalue weighted by Gasteiger charge is -2.07. The Labute approximate surface area is 113 Å². The summed E-state index contributed by atoms with van der Waals surface area (Å²) in [6.07, 6.45) is 0. The molecule has 0 saturated heterocycles. The number of rotatable bonds is 3. The highest BCUT2D eigenvalue weighted by atomic mass is 79.9. The molecule has 2 aromatic carbocycles.